The standard InChI is InChI=1S/C13H20N2/c1-3-15-12-9-5-7-10-6-4-8-11(14-2)13(10)12/h5,7-8,12,14-15H,3-4,6,9H2,1-2H3. The molecular formula is C13H20N2. The summed E-state index contributed by atoms with van der Waals surface area (Å²) in [5.41, 5.74) is 4.33. The van der Waals surface area contributed by atoms with Crippen LogP contribution < -0.4 is 10.6 Å². The molecular weight excluding hydrogens is 184 g/mol. The molecule has 0 fully saturated rings. The quantitative estimate of drug-likeness (QED) is 0.736. The fraction of sp³-hybridized carbons (Fsp3) is 0.538. The second kappa shape index (κ2) is 4.67. The summed E-state index contributed by atoms with van der Waals surface area (Å²) >= 11 is 0. The molecule has 0 spiro atoms. The van der Waals surface area contributed by atoms with E-state index in [9.17, 15) is 0 Å². The van der Waals surface area contributed by atoms with Crippen molar-refractivity contribution < 1.29 is 0 Å². The van der Waals surface area contributed by atoms with Crippen LogP contribution in [0.2, 0.25) is 0 Å². The van der Waals surface area contributed by atoms with Gasteiger partial charge in [-0.3, -0.25) is 0 Å². The maximum Gasteiger partial charge on any atom is 0.0378 e. The van der Waals surface area contributed by atoms with Gasteiger partial charge in [-0.25, -0.2) is 0 Å². The van der Waals surface area contributed by atoms with Gasteiger partial charge in [-0.15, -0.1) is 0 Å². The molecule has 2 rings (SSSR count). The van der Waals surface area contributed by atoms with E-state index < -0.39 is 0 Å². The van der Waals surface area contributed by atoms with Crippen LogP contribution in [0.25, 0.3) is 0 Å². The third-order valence-electron chi connectivity index (χ3n) is 3.16. The van der Waals surface area contributed by atoms with Gasteiger partial charge in [0.25, 0.3) is 0 Å². The number of rotatable bonds is 3. The van der Waals surface area contributed by atoms with Crippen LogP contribution in [0.1, 0.15) is 26.2 Å². The van der Waals surface area contributed by atoms with Crippen LogP contribution in [0.4, 0.5) is 0 Å². The highest BCUT2D eigenvalue weighted by atomic mass is 14.9. The van der Waals surface area contributed by atoms with Crippen LogP contribution in [-0.2, 0) is 0 Å². The van der Waals surface area contributed by atoms with E-state index in [-0.39, 0.29) is 0 Å². The fourth-order valence-electron chi connectivity index (χ4n) is 2.51. The number of nitrogens with one attached hydrogen (secondary N) is 2. The van der Waals surface area contributed by atoms with E-state index in [4.69, 9.17) is 0 Å². The third-order valence-corrected chi connectivity index (χ3v) is 3.16. The lowest BCUT2D eigenvalue weighted by molar-refractivity contribution is 0.577. The average Bonchev–Trinajstić information content (AvgIpc) is 2.29. The Morgan fingerprint density at radius 1 is 1.47 bits per heavy atom. The molecule has 0 saturated heterocycles. The third kappa shape index (κ3) is 2.00. The van der Waals surface area contributed by atoms with E-state index >= 15 is 0 Å². The van der Waals surface area contributed by atoms with Crippen LogP contribution >= 0.6 is 0 Å². The molecule has 0 bridgehead atoms. The number of hydrogen-bond acceptors (Lipinski definition) is 2. The van der Waals surface area contributed by atoms with Crippen LogP contribution in [0.5, 0.6) is 0 Å². The van der Waals surface area contributed by atoms with Gasteiger partial charge < -0.3 is 10.6 Å². The largest absolute Gasteiger partial charge is 0.388 e. The van der Waals surface area contributed by atoms with Gasteiger partial charge in [0.05, 0.1) is 0 Å². The minimum Gasteiger partial charge on any atom is -0.388 e. The lowest BCUT2D eigenvalue weighted by Crippen LogP contribution is -2.35. The number of likely N-dealkylation sites (N-methyl/N-ethyl adjacent to an activating group) is 2. The van der Waals surface area contributed by atoms with Crippen LogP contribution in [0, 0.1) is 0 Å². The summed E-state index contributed by atoms with van der Waals surface area (Å²) in [5.74, 6) is 0. The summed E-state index contributed by atoms with van der Waals surface area (Å²) in [6, 6.07) is 0.508. The molecule has 2 nitrogen and oxygen atoms in total. The number of allylic oxidation sites excluding steroid dienone is 3. The van der Waals surface area contributed by atoms with Gasteiger partial charge in [-0.1, -0.05) is 25.2 Å². The molecule has 2 heteroatoms. The molecule has 0 amide bonds. The Hall–Kier alpha value is -1.02. The van der Waals surface area contributed by atoms with Crippen molar-refractivity contribution >= 4 is 0 Å². The van der Waals surface area contributed by atoms with Gasteiger partial charge in [-0.2, -0.15) is 0 Å². The average molecular weight is 204 g/mol. The zero-order valence-electron chi connectivity index (χ0n) is 9.64. The summed E-state index contributed by atoms with van der Waals surface area (Å²) in [4.78, 5) is 0. The van der Waals surface area contributed by atoms with Crippen molar-refractivity contribution in [1.29, 1.82) is 0 Å². The van der Waals surface area contributed by atoms with Crippen LogP contribution in [0.3, 0.4) is 0 Å². The number of hydrogen-bond donors (Lipinski definition) is 2. The molecule has 2 N–H and O–H groups in total. The van der Waals surface area contributed by atoms with Gasteiger partial charge >= 0.3 is 0 Å². The zero-order chi connectivity index (χ0) is 10.7. The zero-order valence-corrected chi connectivity index (χ0v) is 9.64. The molecule has 1 atom stereocenters. The Morgan fingerprint density at radius 2 is 2.33 bits per heavy atom. The maximum absolute atomic E-state index is 3.56. The molecule has 82 valence electrons. The first-order valence-electron chi connectivity index (χ1n) is 5.88. The second-order valence-electron chi connectivity index (χ2n) is 4.09. The lowest BCUT2D eigenvalue weighted by atomic mass is 9.84. The first-order valence-corrected chi connectivity index (χ1v) is 5.88. The first kappa shape index (κ1) is 10.5. The van der Waals surface area contributed by atoms with Crippen molar-refractivity contribution in [3.05, 3.63) is 35.1 Å². The Balaban J connectivity index is 2.29. The molecule has 15 heavy (non-hydrogen) atoms. The monoisotopic (exact) mass is 204 g/mol. The van der Waals surface area contributed by atoms with Crippen molar-refractivity contribution in [2.24, 2.45) is 0 Å². The molecule has 2 aliphatic rings. The van der Waals surface area contributed by atoms with Gasteiger partial charge in [0.15, 0.2) is 0 Å². The molecule has 0 heterocycles. The van der Waals surface area contributed by atoms with Crippen molar-refractivity contribution in [1.82, 2.24) is 10.6 Å². The van der Waals surface area contributed by atoms with Crippen molar-refractivity contribution in [2.45, 2.75) is 32.2 Å². The Bertz CT molecular complexity index is 323. The predicted molar refractivity (Wildman–Crippen MR) is 64.6 cm³/mol. The molecule has 0 aromatic carbocycles. The van der Waals surface area contributed by atoms with Gasteiger partial charge in [-0.05, 0) is 37.0 Å². The van der Waals surface area contributed by atoms with E-state index in [0.717, 1.165) is 19.4 Å². The second-order valence-corrected chi connectivity index (χ2v) is 4.09. The molecule has 0 radical (unpaired) electrons. The Morgan fingerprint density at radius 3 is 3.07 bits per heavy atom. The highest BCUT2D eigenvalue weighted by Crippen LogP contribution is 2.31. The van der Waals surface area contributed by atoms with Gasteiger partial charge in [0, 0.05) is 18.8 Å². The van der Waals surface area contributed by atoms with Crippen LogP contribution in [0.15, 0.2) is 35.1 Å². The summed E-state index contributed by atoms with van der Waals surface area (Å²) in [6.45, 7) is 3.20. The fourth-order valence-corrected chi connectivity index (χ4v) is 2.51. The topological polar surface area (TPSA) is 24.1 Å². The molecule has 0 aromatic rings. The van der Waals surface area contributed by atoms with E-state index in [2.05, 4.69) is 35.8 Å². The normalized spacial score (nSPS) is 24.9. The molecule has 2 aliphatic carbocycles. The highest BCUT2D eigenvalue weighted by Gasteiger charge is 2.23. The van der Waals surface area contributed by atoms with Crippen LogP contribution in [-0.4, -0.2) is 19.6 Å². The SMILES string of the molecule is CCNC1CC=CC2=C1C(NC)=CCC2. The molecule has 0 saturated carbocycles. The van der Waals surface area contributed by atoms with E-state index in [1.54, 1.807) is 0 Å². The lowest BCUT2D eigenvalue weighted by Gasteiger charge is -2.30. The summed E-state index contributed by atoms with van der Waals surface area (Å²) in [5, 5.41) is 6.88. The minimum atomic E-state index is 0.508. The summed E-state index contributed by atoms with van der Waals surface area (Å²) in [7, 11) is 2.02. The predicted octanol–water partition coefficient (Wildman–Crippen LogP) is 2.12. The maximum atomic E-state index is 3.56. The summed E-state index contributed by atoms with van der Waals surface area (Å²) in [6.07, 6.45) is 10.4. The van der Waals surface area contributed by atoms with E-state index in [0.29, 0.717) is 6.04 Å². The summed E-state index contributed by atoms with van der Waals surface area (Å²) < 4.78 is 0. The van der Waals surface area contributed by atoms with E-state index in [1.807, 2.05) is 7.05 Å². The Kier molecular flexibility index (Phi) is 3.27. The Labute approximate surface area is 92.1 Å². The smallest absolute Gasteiger partial charge is 0.0378 e. The first-order chi connectivity index (χ1) is 7.36. The van der Waals surface area contributed by atoms with E-state index in [1.165, 1.54) is 23.3 Å². The molecule has 0 aliphatic heterocycles. The highest BCUT2D eigenvalue weighted by molar-refractivity contribution is 5.47. The molecule has 1 unspecified atom stereocenters. The van der Waals surface area contributed by atoms with Gasteiger partial charge in [0.1, 0.15) is 0 Å². The van der Waals surface area contributed by atoms with Gasteiger partial charge in [0.2, 0.25) is 0 Å². The van der Waals surface area contributed by atoms with Crippen molar-refractivity contribution in [3.8, 4) is 0 Å². The molecule has 0 aromatic heterocycles. The van der Waals surface area contributed by atoms with Crippen molar-refractivity contribution in [3.63, 3.8) is 0 Å². The van der Waals surface area contributed by atoms with Crippen molar-refractivity contribution in [2.75, 3.05) is 13.6 Å². The minimum absolute atomic E-state index is 0.508.